The fourth-order valence-corrected chi connectivity index (χ4v) is 2.39. The van der Waals surface area contributed by atoms with Crippen molar-refractivity contribution in [2.24, 2.45) is 0 Å². The zero-order valence-electron chi connectivity index (χ0n) is 7.75. The summed E-state index contributed by atoms with van der Waals surface area (Å²) in [5, 5.41) is 0.868. The minimum atomic E-state index is 0.834. The van der Waals surface area contributed by atoms with Gasteiger partial charge in [0.1, 0.15) is 0 Å². The maximum absolute atomic E-state index is 5.28. The standard InChI is InChI=1S/C10H17NS/c1-3-7-11-8-4-5-10(12-2)6-9-11/h1,10H,4-9H2,2H3. The van der Waals surface area contributed by atoms with Gasteiger partial charge in [-0.05, 0) is 32.1 Å². The predicted octanol–water partition coefficient (Wildman–Crippen LogP) is 1.84. The van der Waals surface area contributed by atoms with E-state index in [4.69, 9.17) is 6.42 Å². The number of hydrogen-bond donors (Lipinski definition) is 0. The number of nitrogens with zero attached hydrogens (tertiary/aromatic N) is 1. The van der Waals surface area contributed by atoms with Gasteiger partial charge in [0.25, 0.3) is 0 Å². The van der Waals surface area contributed by atoms with Gasteiger partial charge in [0.15, 0.2) is 0 Å². The Balaban J connectivity index is 2.30. The van der Waals surface area contributed by atoms with Crippen LogP contribution in [0.5, 0.6) is 0 Å². The fourth-order valence-electron chi connectivity index (χ4n) is 1.65. The molecule has 1 heterocycles. The van der Waals surface area contributed by atoms with E-state index in [1.54, 1.807) is 0 Å². The highest BCUT2D eigenvalue weighted by Gasteiger charge is 2.14. The molecule has 1 unspecified atom stereocenters. The van der Waals surface area contributed by atoms with Crippen molar-refractivity contribution in [2.75, 3.05) is 25.9 Å². The van der Waals surface area contributed by atoms with Gasteiger partial charge in [-0.1, -0.05) is 5.92 Å². The maximum atomic E-state index is 5.28. The average molecular weight is 183 g/mol. The summed E-state index contributed by atoms with van der Waals surface area (Å²) in [6, 6.07) is 0. The molecule has 68 valence electrons. The number of terminal acetylenes is 1. The monoisotopic (exact) mass is 183 g/mol. The summed E-state index contributed by atoms with van der Waals surface area (Å²) in [5.41, 5.74) is 0. The molecule has 1 rings (SSSR count). The first-order valence-corrected chi connectivity index (χ1v) is 5.84. The lowest BCUT2D eigenvalue weighted by Gasteiger charge is -2.16. The zero-order chi connectivity index (χ0) is 8.81. The summed E-state index contributed by atoms with van der Waals surface area (Å²) >= 11 is 2.00. The highest BCUT2D eigenvalue weighted by Crippen LogP contribution is 2.20. The van der Waals surface area contributed by atoms with Crippen molar-refractivity contribution in [2.45, 2.75) is 24.5 Å². The van der Waals surface area contributed by atoms with E-state index in [0.717, 1.165) is 11.8 Å². The van der Waals surface area contributed by atoms with E-state index in [1.807, 2.05) is 11.8 Å². The van der Waals surface area contributed by atoms with E-state index in [9.17, 15) is 0 Å². The van der Waals surface area contributed by atoms with Crippen LogP contribution in [0, 0.1) is 12.3 Å². The first kappa shape index (κ1) is 9.95. The molecule has 0 spiro atoms. The quantitative estimate of drug-likeness (QED) is 0.601. The molecule has 12 heavy (non-hydrogen) atoms. The van der Waals surface area contributed by atoms with Crippen LogP contribution in [-0.2, 0) is 0 Å². The zero-order valence-corrected chi connectivity index (χ0v) is 8.57. The first-order valence-electron chi connectivity index (χ1n) is 4.55. The lowest BCUT2D eigenvalue weighted by atomic mass is 10.2. The maximum Gasteiger partial charge on any atom is 0.0598 e. The lowest BCUT2D eigenvalue weighted by molar-refractivity contribution is 0.321. The average Bonchev–Trinajstić information content (AvgIpc) is 2.31. The second-order valence-electron chi connectivity index (χ2n) is 3.27. The Labute approximate surface area is 79.9 Å². The largest absolute Gasteiger partial charge is 0.292 e. The van der Waals surface area contributed by atoms with Gasteiger partial charge in [-0.2, -0.15) is 11.8 Å². The van der Waals surface area contributed by atoms with Crippen molar-refractivity contribution in [3.8, 4) is 12.3 Å². The van der Waals surface area contributed by atoms with Crippen LogP contribution >= 0.6 is 11.8 Å². The van der Waals surface area contributed by atoms with E-state index >= 15 is 0 Å². The normalized spacial score (nSPS) is 26.2. The van der Waals surface area contributed by atoms with Crippen LogP contribution in [0.3, 0.4) is 0 Å². The van der Waals surface area contributed by atoms with Crippen LogP contribution in [0.1, 0.15) is 19.3 Å². The molecule has 0 N–H and O–H groups in total. The van der Waals surface area contributed by atoms with Crippen LogP contribution in [0.2, 0.25) is 0 Å². The van der Waals surface area contributed by atoms with E-state index in [1.165, 1.54) is 32.4 Å². The van der Waals surface area contributed by atoms with E-state index in [-0.39, 0.29) is 0 Å². The van der Waals surface area contributed by atoms with Crippen LogP contribution in [0.25, 0.3) is 0 Å². The number of likely N-dealkylation sites (tertiary alicyclic amines) is 1. The Morgan fingerprint density at radius 1 is 1.50 bits per heavy atom. The summed E-state index contributed by atoms with van der Waals surface area (Å²) in [5.74, 6) is 2.72. The van der Waals surface area contributed by atoms with Crippen molar-refractivity contribution in [3.05, 3.63) is 0 Å². The molecule has 0 radical (unpaired) electrons. The van der Waals surface area contributed by atoms with Crippen molar-refractivity contribution in [1.82, 2.24) is 4.90 Å². The topological polar surface area (TPSA) is 3.24 Å². The van der Waals surface area contributed by atoms with Crippen molar-refractivity contribution >= 4 is 11.8 Å². The SMILES string of the molecule is C#CCN1CCCC(SC)CC1. The molecule has 0 amide bonds. The summed E-state index contributed by atoms with van der Waals surface area (Å²) in [6.45, 7) is 3.22. The highest BCUT2D eigenvalue weighted by molar-refractivity contribution is 7.99. The third-order valence-electron chi connectivity index (χ3n) is 2.42. The molecule has 0 saturated carbocycles. The first-order chi connectivity index (χ1) is 5.86. The number of thioether (sulfide) groups is 1. The molecule has 0 aromatic carbocycles. The third kappa shape index (κ3) is 3.08. The molecular weight excluding hydrogens is 166 g/mol. The summed E-state index contributed by atoms with van der Waals surface area (Å²) in [6.07, 6.45) is 11.5. The van der Waals surface area contributed by atoms with Crippen molar-refractivity contribution < 1.29 is 0 Å². The second-order valence-corrected chi connectivity index (χ2v) is 4.41. The van der Waals surface area contributed by atoms with E-state index < -0.39 is 0 Å². The van der Waals surface area contributed by atoms with Gasteiger partial charge in [0, 0.05) is 11.8 Å². The lowest BCUT2D eigenvalue weighted by Crippen LogP contribution is -2.25. The molecule has 1 saturated heterocycles. The van der Waals surface area contributed by atoms with Gasteiger partial charge in [0.2, 0.25) is 0 Å². The third-order valence-corrected chi connectivity index (χ3v) is 3.55. The Morgan fingerprint density at radius 3 is 3.00 bits per heavy atom. The molecule has 1 atom stereocenters. The van der Waals surface area contributed by atoms with E-state index in [0.29, 0.717) is 0 Å². The summed E-state index contributed by atoms with van der Waals surface area (Å²) < 4.78 is 0. The van der Waals surface area contributed by atoms with Crippen LogP contribution in [0.4, 0.5) is 0 Å². The van der Waals surface area contributed by atoms with Gasteiger partial charge in [0.05, 0.1) is 6.54 Å². The Morgan fingerprint density at radius 2 is 2.33 bits per heavy atom. The van der Waals surface area contributed by atoms with E-state index in [2.05, 4.69) is 17.1 Å². The highest BCUT2D eigenvalue weighted by atomic mass is 32.2. The summed E-state index contributed by atoms with van der Waals surface area (Å²) in [7, 11) is 0. The van der Waals surface area contributed by atoms with Gasteiger partial charge in [-0.3, -0.25) is 4.90 Å². The van der Waals surface area contributed by atoms with Gasteiger partial charge in [-0.25, -0.2) is 0 Å². The molecule has 2 heteroatoms. The minimum Gasteiger partial charge on any atom is -0.292 e. The molecule has 0 bridgehead atoms. The molecule has 0 aromatic rings. The minimum absolute atomic E-state index is 0.834. The molecule has 1 fully saturated rings. The Hall–Kier alpha value is -0.130. The molecule has 1 aliphatic heterocycles. The molecule has 0 aromatic heterocycles. The summed E-state index contributed by atoms with van der Waals surface area (Å²) in [4.78, 5) is 2.39. The van der Waals surface area contributed by atoms with Gasteiger partial charge in [-0.15, -0.1) is 6.42 Å². The molecule has 0 aliphatic carbocycles. The number of rotatable bonds is 2. The fraction of sp³-hybridized carbons (Fsp3) is 0.800. The Bertz CT molecular complexity index is 162. The predicted molar refractivity (Wildman–Crippen MR) is 56.4 cm³/mol. The molecule has 1 nitrogen and oxygen atoms in total. The van der Waals surface area contributed by atoms with Crippen LogP contribution < -0.4 is 0 Å². The Kier molecular flexibility index (Phi) is 4.57. The second kappa shape index (κ2) is 5.50. The van der Waals surface area contributed by atoms with Gasteiger partial charge >= 0.3 is 0 Å². The number of hydrogen-bond acceptors (Lipinski definition) is 2. The van der Waals surface area contributed by atoms with Crippen LogP contribution in [0.15, 0.2) is 0 Å². The molecule has 1 aliphatic rings. The van der Waals surface area contributed by atoms with Crippen molar-refractivity contribution in [1.29, 1.82) is 0 Å². The molecular formula is C10H17NS. The van der Waals surface area contributed by atoms with Crippen LogP contribution in [-0.4, -0.2) is 36.0 Å². The smallest absolute Gasteiger partial charge is 0.0598 e. The van der Waals surface area contributed by atoms with Gasteiger partial charge < -0.3 is 0 Å². The van der Waals surface area contributed by atoms with Crippen molar-refractivity contribution in [3.63, 3.8) is 0 Å².